The van der Waals surface area contributed by atoms with Gasteiger partial charge < -0.3 is 9.73 Å². The number of nitrogens with zero attached hydrogens (tertiary/aromatic N) is 1. The van der Waals surface area contributed by atoms with E-state index in [2.05, 4.69) is 25.2 Å². The first-order chi connectivity index (χ1) is 14.8. The summed E-state index contributed by atoms with van der Waals surface area (Å²) in [5.41, 5.74) is 2.18. The Bertz CT molecular complexity index is 1140. The summed E-state index contributed by atoms with van der Waals surface area (Å²) in [7, 11) is 0. The molecule has 158 valence electrons. The number of benzene rings is 1. The Morgan fingerprint density at radius 1 is 1.29 bits per heavy atom. The molecule has 5 nitrogen and oxygen atoms in total. The van der Waals surface area contributed by atoms with Crippen molar-refractivity contribution in [3.63, 3.8) is 0 Å². The second-order valence-corrected chi connectivity index (χ2v) is 9.90. The highest BCUT2D eigenvalue weighted by Gasteiger charge is 2.42. The van der Waals surface area contributed by atoms with Crippen LogP contribution in [0.15, 0.2) is 69.0 Å². The average molecular weight is 453 g/mol. The molecule has 0 fully saturated rings. The molecule has 1 aliphatic heterocycles. The van der Waals surface area contributed by atoms with Gasteiger partial charge >= 0.3 is 0 Å². The van der Waals surface area contributed by atoms with Crippen LogP contribution in [-0.4, -0.2) is 17.3 Å². The van der Waals surface area contributed by atoms with Crippen LogP contribution in [0.1, 0.15) is 48.7 Å². The van der Waals surface area contributed by atoms with Crippen LogP contribution in [0, 0.1) is 16.7 Å². The molecule has 2 heterocycles. The molecule has 0 saturated heterocycles. The van der Waals surface area contributed by atoms with Crippen molar-refractivity contribution in [2.45, 2.75) is 32.6 Å². The molecule has 0 unspecified atom stereocenters. The van der Waals surface area contributed by atoms with Gasteiger partial charge in [0.25, 0.3) is 0 Å². The van der Waals surface area contributed by atoms with Crippen LogP contribution in [0.25, 0.3) is 0 Å². The van der Waals surface area contributed by atoms with Crippen LogP contribution in [0.5, 0.6) is 0 Å². The Hall–Kier alpha value is -2.75. The zero-order valence-corrected chi connectivity index (χ0v) is 18.8. The highest BCUT2D eigenvalue weighted by molar-refractivity contribution is 8.03. The first kappa shape index (κ1) is 21.5. The standard InChI is InChI=1S/C24H21ClN2O3S/c1-24(2)10-17-22(18(28)11-24)21(20-4-3-9-30-20)16(12-26)23(27-17)31-13-19(29)14-5-7-15(25)8-6-14/h3-9,21,27H,10-11,13H2,1-2H3/t21-/m1/s1. The summed E-state index contributed by atoms with van der Waals surface area (Å²) in [5, 5.41) is 14.5. The Balaban J connectivity index is 1.67. The normalized spacial score (nSPS) is 20.2. The van der Waals surface area contributed by atoms with E-state index in [9.17, 15) is 14.9 Å². The van der Waals surface area contributed by atoms with Crippen molar-refractivity contribution in [2.75, 3.05) is 5.75 Å². The number of dihydropyridines is 1. The number of carbonyl (C=O) groups is 2. The number of allylic oxidation sites excluding steroid dienone is 3. The maximum absolute atomic E-state index is 13.1. The lowest BCUT2D eigenvalue weighted by Crippen LogP contribution is -2.37. The highest BCUT2D eigenvalue weighted by Crippen LogP contribution is 2.47. The molecule has 0 amide bonds. The predicted molar refractivity (Wildman–Crippen MR) is 121 cm³/mol. The summed E-state index contributed by atoms with van der Waals surface area (Å²) < 4.78 is 5.62. The van der Waals surface area contributed by atoms with Crippen molar-refractivity contribution in [3.8, 4) is 6.07 Å². The molecule has 2 aliphatic rings. The zero-order chi connectivity index (χ0) is 22.2. The summed E-state index contributed by atoms with van der Waals surface area (Å²) in [4.78, 5) is 25.7. The topological polar surface area (TPSA) is 83.1 Å². The fourth-order valence-corrected chi connectivity index (χ4v) is 5.17. The molecule has 1 aromatic carbocycles. The molecule has 0 radical (unpaired) electrons. The van der Waals surface area contributed by atoms with Crippen LogP contribution in [0.4, 0.5) is 0 Å². The Kier molecular flexibility index (Phi) is 5.83. The van der Waals surface area contributed by atoms with E-state index in [4.69, 9.17) is 16.0 Å². The number of hydrogen-bond acceptors (Lipinski definition) is 6. The number of Topliss-reactive ketones (excluding diaryl/α,β-unsaturated/α-hetero) is 2. The molecule has 1 aliphatic carbocycles. The van der Waals surface area contributed by atoms with Crippen LogP contribution in [-0.2, 0) is 4.79 Å². The minimum atomic E-state index is -0.562. The number of thioether (sulfide) groups is 1. The molecular weight excluding hydrogens is 432 g/mol. The number of halogens is 1. The van der Waals surface area contributed by atoms with Gasteiger partial charge in [0.15, 0.2) is 11.6 Å². The number of hydrogen-bond donors (Lipinski definition) is 1. The van der Waals surface area contributed by atoms with Gasteiger partial charge in [0, 0.05) is 28.3 Å². The van der Waals surface area contributed by atoms with E-state index in [0.717, 1.165) is 5.70 Å². The second kappa shape index (κ2) is 8.41. The minimum Gasteiger partial charge on any atom is -0.468 e. The van der Waals surface area contributed by atoms with Crippen molar-refractivity contribution >= 4 is 34.9 Å². The second-order valence-electron chi connectivity index (χ2n) is 8.48. The maximum atomic E-state index is 13.1. The summed E-state index contributed by atoms with van der Waals surface area (Å²) >= 11 is 7.18. The third-order valence-corrected chi connectivity index (χ3v) is 6.74. The van der Waals surface area contributed by atoms with Gasteiger partial charge in [-0.05, 0) is 48.2 Å². The highest BCUT2D eigenvalue weighted by atomic mass is 35.5. The van der Waals surface area contributed by atoms with Crippen molar-refractivity contribution in [1.29, 1.82) is 5.26 Å². The third-order valence-electron chi connectivity index (χ3n) is 5.47. The van der Waals surface area contributed by atoms with Crippen LogP contribution in [0.3, 0.4) is 0 Å². The lowest BCUT2D eigenvalue weighted by Gasteiger charge is -2.38. The quantitative estimate of drug-likeness (QED) is 0.593. The zero-order valence-electron chi connectivity index (χ0n) is 17.2. The Morgan fingerprint density at radius 2 is 2.03 bits per heavy atom. The first-order valence-corrected chi connectivity index (χ1v) is 11.3. The predicted octanol–water partition coefficient (Wildman–Crippen LogP) is 5.61. The fourth-order valence-electron chi connectivity index (χ4n) is 4.09. The molecule has 1 N–H and O–H groups in total. The van der Waals surface area contributed by atoms with E-state index in [1.165, 1.54) is 11.8 Å². The third kappa shape index (κ3) is 4.34. The van der Waals surface area contributed by atoms with E-state index in [0.29, 0.717) is 45.4 Å². The molecule has 1 aromatic heterocycles. The molecular formula is C24H21ClN2O3S. The minimum absolute atomic E-state index is 0.0224. The number of nitriles is 1. The molecule has 4 rings (SSSR count). The monoisotopic (exact) mass is 452 g/mol. The van der Waals surface area contributed by atoms with Gasteiger partial charge in [-0.3, -0.25) is 9.59 Å². The van der Waals surface area contributed by atoms with Crippen LogP contribution in [0.2, 0.25) is 5.02 Å². The van der Waals surface area contributed by atoms with Crippen LogP contribution >= 0.6 is 23.4 Å². The summed E-state index contributed by atoms with van der Waals surface area (Å²) in [6.07, 6.45) is 2.64. The lowest BCUT2D eigenvalue weighted by molar-refractivity contribution is -0.118. The van der Waals surface area contributed by atoms with Gasteiger partial charge in [0.2, 0.25) is 0 Å². The summed E-state index contributed by atoms with van der Waals surface area (Å²) in [6, 6.07) is 12.5. The molecule has 7 heteroatoms. The summed E-state index contributed by atoms with van der Waals surface area (Å²) in [5.74, 6) is 0.102. The first-order valence-electron chi connectivity index (χ1n) is 9.91. The van der Waals surface area contributed by atoms with Gasteiger partial charge in [0.05, 0.1) is 34.6 Å². The maximum Gasteiger partial charge on any atom is 0.173 e. The number of ketones is 2. The number of rotatable bonds is 5. The van der Waals surface area contributed by atoms with Crippen molar-refractivity contribution < 1.29 is 14.0 Å². The fraction of sp³-hybridized carbons (Fsp3) is 0.292. The molecule has 0 spiro atoms. The van der Waals surface area contributed by atoms with Crippen molar-refractivity contribution in [2.24, 2.45) is 5.41 Å². The van der Waals surface area contributed by atoms with Crippen molar-refractivity contribution in [3.05, 3.63) is 80.9 Å². The molecule has 2 aromatic rings. The van der Waals surface area contributed by atoms with E-state index in [1.54, 1.807) is 42.7 Å². The summed E-state index contributed by atoms with van der Waals surface area (Å²) in [6.45, 7) is 4.11. The smallest absolute Gasteiger partial charge is 0.173 e. The van der Waals surface area contributed by atoms with Crippen molar-refractivity contribution in [1.82, 2.24) is 5.32 Å². The Labute approximate surface area is 190 Å². The van der Waals surface area contributed by atoms with Gasteiger partial charge in [0.1, 0.15) is 5.76 Å². The average Bonchev–Trinajstić information content (AvgIpc) is 3.25. The van der Waals surface area contributed by atoms with E-state index in [1.807, 2.05) is 0 Å². The molecule has 1 atom stereocenters. The van der Waals surface area contributed by atoms with Gasteiger partial charge in [-0.1, -0.05) is 37.2 Å². The largest absolute Gasteiger partial charge is 0.468 e. The Morgan fingerprint density at radius 3 is 2.68 bits per heavy atom. The molecule has 0 bridgehead atoms. The van der Waals surface area contributed by atoms with Crippen LogP contribution < -0.4 is 5.32 Å². The van der Waals surface area contributed by atoms with Gasteiger partial charge in [-0.15, -0.1) is 0 Å². The number of nitrogens with one attached hydrogen (secondary N) is 1. The van der Waals surface area contributed by atoms with Gasteiger partial charge in [-0.2, -0.15) is 5.26 Å². The SMILES string of the molecule is CC1(C)CC(=O)C2=C(C1)NC(SCC(=O)c1ccc(Cl)cc1)=C(C#N)[C@@H]2c1ccco1. The number of carbonyl (C=O) groups excluding carboxylic acids is 2. The van der Waals surface area contributed by atoms with E-state index >= 15 is 0 Å². The van der Waals surface area contributed by atoms with E-state index < -0.39 is 5.92 Å². The lowest BCUT2D eigenvalue weighted by atomic mass is 9.70. The van der Waals surface area contributed by atoms with Gasteiger partial charge in [-0.25, -0.2) is 0 Å². The van der Waals surface area contributed by atoms with E-state index in [-0.39, 0.29) is 22.7 Å². The number of furan rings is 1. The molecule has 31 heavy (non-hydrogen) atoms. The molecule has 0 saturated carbocycles.